The van der Waals surface area contributed by atoms with E-state index in [4.69, 9.17) is 14.7 Å². The van der Waals surface area contributed by atoms with Crippen LogP contribution < -0.4 is 14.8 Å². The third-order valence-electron chi connectivity index (χ3n) is 2.68. The van der Waals surface area contributed by atoms with Crippen LogP contribution in [0.25, 0.3) is 0 Å². The van der Waals surface area contributed by atoms with Crippen molar-refractivity contribution in [2.24, 2.45) is 0 Å². The van der Waals surface area contributed by atoms with Gasteiger partial charge in [0.1, 0.15) is 0 Å². The molecule has 88 valence electrons. The van der Waals surface area contributed by atoms with Gasteiger partial charge in [-0.3, -0.25) is 0 Å². The monoisotopic (exact) mass is 238 g/mol. The van der Waals surface area contributed by atoms with Crippen molar-refractivity contribution in [3.8, 4) is 17.6 Å². The number of anilines is 2. The van der Waals surface area contributed by atoms with Crippen molar-refractivity contribution in [2.45, 2.75) is 0 Å². The van der Waals surface area contributed by atoms with Gasteiger partial charge in [0.2, 0.25) is 6.79 Å². The maximum atomic E-state index is 8.72. The number of ether oxygens (including phenoxy) is 2. The van der Waals surface area contributed by atoms with Crippen molar-refractivity contribution in [3.05, 3.63) is 48.0 Å². The average Bonchev–Trinajstić information content (AvgIpc) is 2.87. The molecule has 2 aromatic carbocycles. The first kappa shape index (κ1) is 10.5. The Balaban J connectivity index is 1.81. The minimum Gasteiger partial charge on any atom is -0.454 e. The van der Waals surface area contributed by atoms with Crippen LogP contribution in [0.2, 0.25) is 0 Å². The van der Waals surface area contributed by atoms with Crippen molar-refractivity contribution < 1.29 is 9.47 Å². The van der Waals surface area contributed by atoms with E-state index in [2.05, 4.69) is 11.4 Å². The predicted molar refractivity (Wildman–Crippen MR) is 67.0 cm³/mol. The van der Waals surface area contributed by atoms with Gasteiger partial charge in [-0.15, -0.1) is 0 Å². The molecule has 2 aromatic rings. The van der Waals surface area contributed by atoms with E-state index in [1.54, 1.807) is 12.1 Å². The molecule has 0 spiro atoms. The fraction of sp³-hybridized carbons (Fsp3) is 0.0714. The van der Waals surface area contributed by atoms with E-state index in [0.717, 1.165) is 22.9 Å². The quantitative estimate of drug-likeness (QED) is 0.873. The molecule has 0 saturated heterocycles. The Hall–Kier alpha value is -2.67. The van der Waals surface area contributed by atoms with Crippen molar-refractivity contribution in [1.29, 1.82) is 5.26 Å². The molecule has 0 radical (unpaired) electrons. The zero-order valence-electron chi connectivity index (χ0n) is 9.51. The molecular formula is C14H10N2O2. The highest BCUT2D eigenvalue weighted by molar-refractivity contribution is 5.64. The predicted octanol–water partition coefficient (Wildman–Crippen LogP) is 3.03. The molecule has 18 heavy (non-hydrogen) atoms. The molecule has 0 unspecified atom stereocenters. The minimum absolute atomic E-state index is 0.273. The lowest BCUT2D eigenvalue weighted by Crippen LogP contribution is -1.93. The van der Waals surface area contributed by atoms with Gasteiger partial charge >= 0.3 is 0 Å². The highest BCUT2D eigenvalue weighted by atomic mass is 16.7. The molecule has 0 amide bonds. The topological polar surface area (TPSA) is 54.3 Å². The summed E-state index contributed by atoms with van der Waals surface area (Å²) in [4.78, 5) is 0. The number of hydrogen-bond acceptors (Lipinski definition) is 4. The van der Waals surface area contributed by atoms with Crippen LogP contribution in [0.4, 0.5) is 11.4 Å². The summed E-state index contributed by atoms with van der Waals surface area (Å²) in [5.41, 5.74) is 2.49. The van der Waals surface area contributed by atoms with E-state index in [0.29, 0.717) is 5.56 Å². The van der Waals surface area contributed by atoms with E-state index in [-0.39, 0.29) is 6.79 Å². The highest BCUT2D eigenvalue weighted by Gasteiger charge is 2.12. The van der Waals surface area contributed by atoms with Gasteiger partial charge in [0.25, 0.3) is 0 Å². The summed E-state index contributed by atoms with van der Waals surface area (Å²) in [5, 5.41) is 12.0. The fourth-order valence-electron chi connectivity index (χ4n) is 1.77. The first-order chi connectivity index (χ1) is 8.85. The summed E-state index contributed by atoms with van der Waals surface area (Å²) in [7, 11) is 0. The van der Waals surface area contributed by atoms with Crippen LogP contribution in [0.15, 0.2) is 42.5 Å². The second kappa shape index (κ2) is 4.30. The van der Waals surface area contributed by atoms with Gasteiger partial charge in [0.05, 0.1) is 11.6 Å². The molecule has 0 bridgehead atoms. The molecule has 1 N–H and O–H groups in total. The van der Waals surface area contributed by atoms with Gasteiger partial charge in [0, 0.05) is 17.4 Å². The van der Waals surface area contributed by atoms with Gasteiger partial charge in [-0.2, -0.15) is 5.26 Å². The van der Waals surface area contributed by atoms with E-state index < -0.39 is 0 Å². The summed E-state index contributed by atoms with van der Waals surface area (Å²) in [6.07, 6.45) is 0. The summed E-state index contributed by atoms with van der Waals surface area (Å²) >= 11 is 0. The first-order valence-electron chi connectivity index (χ1n) is 5.52. The lowest BCUT2D eigenvalue weighted by atomic mass is 10.2. The van der Waals surface area contributed by atoms with Crippen molar-refractivity contribution in [1.82, 2.24) is 0 Å². The SMILES string of the molecule is N#Cc1ccc(Nc2ccc3c(c2)OCO3)cc1. The molecule has 0 fully saturated rings. The molecule has 1 aliphatic rings. The summed E-state index contributed by atoms with van der Waals surface area (Å²) in [6.45, 7) is 0.273. The maximum Gasteiger partial charge on any atom is 0.231 e. The zero-order chi connectivity index (χ0) is 12.4. The molecule has 1 aliphatic heterocycles. The molecule has 0 aliphatic carbocycles. The van der Waals surface area contributed by atoms with E-state index in [9.17, 15) is 0 Å². The Morgan fingerprint density at radius 1 is 0.944 bits per heavy atom. The van der Waals surface area contributed by atoms with Crippen LogP contribution in [0, 0.1) is 11.3 Å². The molecule has 0 aromatic heterocycles. The number of benzene rings is 2. The van der Waals surface area contributed by atoms with E-state index in [1.165, 1.54) is 0 Å². The Bertz CT molecular complexity index is 615. The Morgan fingerprint density at radius 2 is 1.67 bits per heavy atom. The molecular weight excluding hydrogens is 228 g/mol. The standard InChI is InChI=1S/C14H10N2O2/c15-8-10-1-3-11(4-2-10)16-12-5-6-13-14(7-12)18-9-17-13/h1-7,16H,9H2. The van der Waals surface area contributed by atoms with E-state index in [1.807, 2.05) is 30.3 Å². The van der Waals surface area contributed by atoms with Gasteiger partial charge < -0.3 is 14.8 Å². The van der Waals surface area contributed by atoms with Gasteiger partial charge in [0.15, 0.2) is 11.5 Å². The fourth-order valence-corrected chi connectivity index (χ4v) is 1.77. The Labute approximate surface area is 104 Å². The van der Waals surface area contributed by atoms with Gasteiger partial charge in [-0.1, -0.05) is 0 Å². The molecule has 0 saturated carbocycles. The number of nitrogens with one attached hydrogen (secondary N) is 1. The van der Waals surface area contributed by atoms with Gasteiger partial charge in [-0.05, 0) is 36.4 Å². The Kier molecular flexibility index (Phi) is 2.50. The third-order valence-corrected chi connectivity index (χ3v) is 2.68. The maximum absolute atomic E-state index is 8.72. The van der Waals surface area contributed by atoms with Crippen LogP contribution in [0.1, 0.15) is 5.56 Å². The second-order valence-electron chi connectivity index (χ2n) is 3.88. The lowest BCUT2D eigenvalue weighted by molar-refractivity contribution is 0.174. The summed E-state index contributed by atoms with van der Waals surface area (Å²) in [5.74, 6) is 1.51. The number of nitriles is 1. The van der Waals surface area contributed by atoms with Crippen LogP contribution in [0.3, 0.4) is 0 Å². The van der Waals surface area contributed by atoms with Crippen LogP contribution in [-0.2, 0) is 0 Å². The number of fused-ring (bicyclic) bond motifs is 1. The molecule has 1 heterocycles. The smallest absolute Gasteiger partial charge is 0.231 e. The van der Waals surface area contributed by atoms with Crippen molar-refractivity contribution in [3.63, 3.8) is 0 Å². The lowest BCUT2D eigenvalue weighted by Gasteiger charge is -2.07. The third kappa shape index (κ3) is 1.94. The second-order valence-corrected chi connectivity index (χ2v) is 3.88. The highest BCUT2D eigenvalue weighted by Crippen LogP contribution is 2.35. The number of nitrogens with zero attached hydrogens (tertiary/aromatic N) is 1. The van der Waals surface area contributed by atoms with E-state index >= 15 is 0 Å². The molecule has 4 nitrogen and oxygen atoms in total. The van der Waals surface area contributed by atoms with Crippen LogP contribution in [0.5, 0.6) is 11.5 Å². The van der Waals surface area contributed by atoms with Gasteiger partial charge in [-0.25, -0.2) is 0 Å². The van der Waals surface area contributed by atoms with Crippen LogP contribution in [-0.4, -0.2) is 6.79 Å². The number of hydrogen-bond donors (Lipinski definition) is 1. The molecule has 4 heteroatoms. The van der Waals surface area contributed by atoms with Crippen LogP contribution >= 0.6 is 0 Å². The zero-order valence-corrected chi connectivity index (χ0v) is 9.51. The largest absolute Gasteiger partial charge is 0.454 e. The number of rotatable bonds is 2. The first-order valence-corrected chi connectivity index (χ1v) is 5.52. The average molecular weight is 238 g/mol. The normalized spacial score (nSPS) is 11.9. The summed E-state index contributed by atoms with van der Waals surface area (Å²) in [6, 6.07) is 15.0. The Morgan fingerprint density at radius 3 is 2.44 bits per heavy atom. The van der Waals surface area contributed by atoms with Crippen molar-refractivity contribution >= 4 is 11.4 Å². The van der Waals surface area contributed by atoms with Crippen molar-refractivity contribution in [2.75, 3.05) is 12.1 Å². The molecule has 3 rings (SSSR count). The minimum atomic E-state index is 0.273. The summed E-state index contributed by atoms with van der Waals surface area (Å²) < 4.78 is 10.6. The molecule has 0 atom stereocenters.